The monoisotopic (exact) mass is 480 g/mol. The minimum absolute atomic E-state index is 0.119. The fraction of sp³-hybridized carbons (Fsp3) is 0.708. The van der Waals surface area contributed by atoms with Gasteiger partial charge >= 0.3 is 0 Å². The maximum absolute atomic E-state index is 11.9. The quantitative estimate of drug-likeness (QED) is 0.577. The summed E-state index contributed by atoms with van der Waals surface area (Å²) in [6, 6.07) is 6.57. The summed E-state index contributed by atoms with van der Waals surface area (Å²) in [4.78, 5) is 16.4. The zero-order chi connectivity index (χ0) is 21.5. The third-order valence-corrected chi connectivity index (χ3v) is 7.81. The summed E-state index contributed by atoms with van der Waals surface area (Å²) < 4.78 is 6.56. The fourth-order valence-corrected chi connectivity index (χ4v) is 5.68. The van der Waals surface area contributed by atoms with Crippen LogP contribution in [-0.4, -0.2) is 66.8 Å². The Morgan fingerprint density at radius 1 is 1.23 bits per heavy atom. The van der Waals surface area contributed by atoms with E-state index in [4.69, 9.17) is 4.74 Å². The maximum atomic E-state index is 11.9. The molecule has 0 spiro atoms. The Balaban J connectivity index is 1.39. The van der Waals surface area contributed by atoms with Gasteiger partial charge in [-0.15, -0.1) is 0 Å². The number of ether oxygens (including phenoxy) is 1. The van der Waals surface area contributed by atoms with E-state index in [0.29, 0.717) is 18.5 Å². The number of amides is 1. The Morgan fingerprint density at radius 2 is 2.00 bits per heavy atom. The largest absolute Gasteiger partial charge is 0.497 e. The first-order valence-corrected chi connectivity index (χ1v) is 12.3. The van der Waals surface area contributed by atoms with Crippen molar-refractivity contribution in [2.24, 2.45) is 11.8 Å². The van der Waals surface area contributed by atoms with Gasteiger partial charge in [-0.3, -0.25) is 4.79 Å². The number of carbonyl (C=O) groups is 1. The van der Waals surface area contributed by atoms with Gasteiger partial charge in [0.05, 0.1) is 7.11 Å². The van der Waals surface area contributed by atoms with Gasteiger partial charge in [-0.2, -0.15) is 0 Å². The molecule has 1 aliphatic carbocycles. The number of rotatable bonds is 9. The van der Waals surface area contributed by atoms with Crippen LogP contribution in [0.15, 0.2) is 22.7 Å². The molecule has 3 rings (SSSR count). The number of nitrogens with zero attached hydrogens (tertiary/aromatic N) is 2. The van der Waals surface area contributed by atoms with Gasteiger partial charge in [-0.05, 0) is 101 Å². The maximum Gasteiger partial charge on any atom is 0.248 e. The van der Waals surface area contributed by atoms with Crippen LogP contribution in [0, 0.1) is 11.8 Å². The van der Waals surface area contributed by atoms with E-state index in [1.165, 1.54) is 55.4 Å². The standard InChI is InChI=1S/C24H37BrN2O3/c1-3-27(24(29)17-28)21-6-4-18(5-7-21)10-12-26-13-11-19(16-26)14-20-15-22(30-2)8-9-23(20)25/h8-9,15,18-19,21,28H,3-7,10-14,16-17H2,1-2H3. The lowest BCUT2D eigenvalue weighted by Crippen LogP contribution is -2.43. The van der Waals surface area contributed by atoms with Gasteiger partial charge in [-0.25, -0.2) is 0 Å². The average molecular weight is 481 g/mol. The number of hydrogen-bond donors (Lipinski definition) is 1. The molecule has 1 atom stereocenters. The lowest BCUT2D eigenvalue weighted by atomic mass is 9.83. The number of methoxy groups -OCH3 is 1. The van der Waals surface area contributed by atoms with E-state index in [0.717, 1.165) is 30.9 Å². The van der Waals surface area contributed by atoms with E-state index in [1.807, 2.05) is 17.9 Å². The van der Waals surface area contributed by atoms with Gasteiger partial charge < -0.3 is 19.6 Å². The molecule has 30 heavy (non-hydrogen) atoms. The van der Waals surface area contributed by atoms with E-state index < -0.39 is 0 Å². The van der Waals surface area contributed by atoms with Crippen molar-refractivity contribution in [3.05, 3.63) is 28.2 Å². The molecule has 2 aliphatic rings. The van der Waals surface area contributed by atoms with Crippen LogP contribution < -0.4 is 4.74 Å². The minimum atomic E-state index is -0.365. The smallest absolute Gasteiger partial charge is 0.248 e. The van der Waals surface area contributed by atoms with Crippen molar-refractivity contribution in [2.45, 2.75) is 57.9 Å². The van der Waals surface area contributed by atoms with Crippen LogP contribution in [-0.2, 0) is 11.2 Å². The topological polar surface area (TPSA) is 53.0 Å². The first kappa shape index (κ1) is 23.6. The summed E-state index contributed by atoms with van der Waals surface area (Å²) in [5.41, 5.74) is 1.34. The molecule has 168 valence electrons. The van der Waals surface area contributed by atoms with E-state index >= 15 is 0 Å². The molecule has 1 amide bonds. The summed E-state index contributed by atoms with van der Waals surface area (Å²) in [7, 11) is 1.72. The predicted octanol–water partition coefficient (Wildman–Crippen LogP) is 4.11. The number of benzene rings is 1. The molecular weight excluding hydrogens is 444 g/mol. The summed E-state index contributed by atoms with van der Waals surface area (Å²) in [6.07, 6.45) is 8.20. The Labute approximate surface area is 189 Å². The molecule has 2 fully saturated rings. The SMILES string of the molecule is CCN(C(=O)CO)C1CCC(CCN2CCC(Cc3cc(OC)ccc3Br)C2)CC1. The molecule has 1 aliphatic heterocycles. The van der Waals surface area contributed by atoms with E-state index in [9.17, 15) is 9.90 Å². The molecule has 5 nitrogen and oxygen atoms in total. The normalized spacial score (nSPS) is 24.7. The van der Waals surface area contributed by atoms with Crippen molar-refractivity contribution in [2.75, 3.05) is 39.9 Å². The molecule has 1 unspecified atom stereocenters. The van der Waals surface area contributed by atoms with E-state index in [2.05, 4.69) is 33.0 Å². The first-order valence-electron chi connectivity index (χ1n) is 11.5. The van der Waals surface area contributed by atoms with Crippen molar-refractivity contribution in [3.8, 4) is 5.75 Å². The number of likely N-dealkylation sites (tertiary alicyclic amines) is 1. The second kappa shape index (κ2) is 11.5. The lowest BCUT2D eigenvalue weighted by molar-refractivity contribution is -0.137. The van der Waals surface area contributed by atoms with Crippen LogP contribution in [0.5, 0.6) is 5.75 Å². The van der Waals surface area contributed by atoms with Gasteiger partial charge in [0.25, 0.3) is 0 Å². The Bertz CT molecular complexity index is 691. The van der Waals surface area contributed by atoms with Gasteiger partial charge in [0.2, 0.25) is 5.91 Å². The van der Waals surface area contributed by atoms with Crippen LogP contribution >= 0.6 is 15.9 Å². The molecule has 0 aromatic heterocycles. The fourth-order valence-electron chi connectivity index (χ4n) is 5.27. The van der Waals surface area contributed by atoms with E-state index in [-0.39, 0.29) is 12.5 Å². The van der Waals surface area contributed by atoms with Crippen LogP contribution in [0.4, 0.5) is 0 Å². The molecule has 1 aromatic carbocycles. The number of carbonyl (C=O) groups excluding carboxylic acids is 1. The minimum Gasteiger partial charge on any atom is -0.497 e. The third-order valence-electron chi connectivity index (χ3n) is 7.04. The first-order chi connectivity index (χ1) is 14.5. The van der Waals surface area contributed by atoms with Crippen molar-refractivity contribution < 1.29 is 14.6 Å². The molecule has 1 saturated heterocycles. The zero-order valence-electron chi connectivity index (χ0n) is 18.5. The van der Waals surface area contributed by atoms with E-state index in [1.54, 1.807) is 7.11 Å². The van der Waals surface area contributed by atoms with Crippen LogP contribution in [0.2, 0.25) is 0 Å². The predicted molar refractivity (Wildman–Crippen MR) is 124 cm³/mol. The molecule has 1 saturated carbocycles. The summed E-state index contributed by atoms with van der Waals surface area (Å²) in [6.45, 7) is 5.93. The van der Waals surface area contributed by atoms with Gasteiger partial charge in [0.15, 0.2) is 0 Å². The van der Waals surface area contributed by atoms with Crippen molar-refractivity contribution in [3.63, 3.8) is 0 Å². The number of halogens is 1. The van der Waals surface area contributed by atoms with Crippen LogP contribution in [0.1, 0.15) is 51.0 Å². The zero-order valence-corrected chi connectivity index (χ0v) is 20.1. The summed E-state index contributed by atoms with van der Waals surface area (Å²) in [5, 5.41) is 9.17. The van der Waals surface area contributed by atoms with Crippen molar-refractivity contribution in [1.82, 2.24) is 9.80 Å². The molecule has 0 radical (unpaired) electrons. The number of aliphatic hydroxyl groups is 1. The molecule has 1 N–H and O–H groups in total. The van der Waals surface area contributed by atoms with Crippen molar-refractivity contribution in [1.29, 1.82) is 0 Å². The molecule has 6 heteroatoms. The van der Waals surface area contributed by atoms with Crippen molar-refractivity contribution >= 4 is 21.8 Å². The Morgan fingerprint density at radius 3 is 2.67 bits per heavy atom. The second-order valence-corrected chi connectivity index (χ2v) is 9.77. The van der Waals surface area contributed by atoms with Gasteiger partial charge in [-0.1, -0.05) is 15.9 Å². The van der Waals surface area contributed by atoms with Crippen LogP contribution in [0.25, 0.3) is 0 Å². The highest BCUT2D eigenvalue weighted by Gasteiger charge is 2.29. The molecule has 1 aromatic rings. The van der Waals surface area contributed by atoms with Crippen LogP contribution in [0.3, 0.4) is 0 Å². The Hall–Kier alpha value is -1.11. The highest BCUT2D eigenvalue weighted by molar-refractivity contribution is 9.10. The Kier molecular flexibility index (Phi) is 9.02. The molecular formula is C24H37BrN2O3. The number of likely N-dealkylation sites (N-methyl/N-ethyl adjacent to an activating group) is 1. The highest BCUT2D eigenvalue weighted by atomic mass is 79.9. The third kappa shape index (κ3) is 6.21. The summed E-state index contributed by atoms with van der Waals surface area (Å²) >= 11 is 3.69. The number of aliphatic hydroxyl groups excluding tert-OH is 1. The molecule has 0 bridgehead atoms. The van der Waals surface area contributed by atoms with Gasteiger partial charge in [0.1, 0.15) is 12.4 Å². The average Bonchev–Trinajstić information content (AvgIpc) is 3.22. The van der Waals surface area contributed by atoms with Gasteiger partial charge in [0, 0.05) is 23.6 Å². The molecule has 1 heterocycles. The second-order valence-electron chi connectivity index (χ2n) is 8.92. The highest BCUT2D eigenvalue weighted by Crippen LogP contribution is 2.32. The number of hydrogen-bond acceptors (Lipinski definition) is 4. The summed E-state index contributed by atoms with van der Waals surface area (Å²) in [5.74, 6) is 2.30. The lowest BCUT2D eigenvalue weighted by Gasteiger charge is -2.36.